The summed E-state index contributed by atoms with van der Waals surface area (Å²) in [4.78, 5) is 16.3. The van der Waals surface area contributed by atoms with Crippen molar-refractivity contribution in [1.82, 2.24) is 14.8 Å². The monoisotopic (exact) mass is 344 g/mol. The van der Waals surface area contributed by atoms with Crippen molar-refractivity contribution in [1.29, 1.82) is 0 Å². The molecule has 0 amide bonds. The number of carbonyl (C=O) groups excluding carboxylic acids is 1. The number of halogens is 3. The summed E-state index contributed by atoms with van der Waals surface area (Å²) in [5.74, 6) is -0.556. The van der Waals surface area contributed by atoms with E-state index in [0.717, 1.165) is 0 Å². The number of aromatic nitrogens is 3. The number of carbonyl (C=O) groups is 1. The van der Waals surface area contributed by atoms with Crippen LogP contribution in [-0.4, -0.2) is 33.5 Å². The van der Waals surface area contributed by atoms with Crippen molar-refractivity contribution in [3.8, 4) is 0 Å². The third-order valence-corrected chi connectivity index (χ3v) is 3.57. The number of esters is 1. The van der Waals surface area contributed by atoms with Crippen molar-refractivity contribution in [3.63, 3.8) is 0 Å². The van der Waals surface area contributed by atoms with Crippen LogP contribution in [0.15, 0.2) is 6.20 Å². The summed E-state index contributed by atoms with van der Waals surface area (Å²) in [5, 5.41) is 4.60. The zero-order chi connectivity index (χ0) is 17.9. The Morgan fingerprint density at radius 2 is 2.08 bits per heavy atom. The topological polar surface area (TPSA) is 83.0 Å². The second kappa shape index (κ2) is 7.06. The Bertz CT molecular complexity index is 740. The van der Waals surface area contributed by atoms with E-state index in [-0.39, 0.29) is 24.3 Å². The maximum absolute atomic E-state index is 12.2. The average Bonchev–Trinajstić information content (AvgIpc) is 2.86. The lowest BCUT2D eigenvalue weighted by molar-refractivity contribution is -0.135. The minimum absolute atomic E-state index is 0.0141. The molecule has 2 N–H and O–H groups in total. The number of nitrogens with zero attached hydrogens (tertiary/aromatic N) is 3. The molecule has 132 valence electrons. The zero-order valence-corrected chi connectivity index (χ0v) is 13.5. The molecule has 0 saturated carbocycles. The zero-order valence-electron chi connectivity index (χ0n) is 13.5. The Kier molecular flexibility index (Phi) is 5.30. The van der Waals surface area contributed by atoms with E-state index in [9.17, 15) is 18.0 Å². The first kappa shape index (κ1) is 18.0. The Hall–Kier alpha value is -2.32. The molecule has 0 radical (unpaired) electrons. The lowest BCUT2D eigenvalue weighted by Gasteiger charge is -2.10. The van der Waals surface area contributed by atoms with Gasteiger partial charge in [0.05, 0.1) is 29.6 Å². The maximum atomic E-state index is 12.2. The van der Waals surface area contributed by atoms with Gasteiger partial charge in [0.15, 0.2) is 5.65 Å². The van der Waals surface area contributed by atoms with Gasteiger partial charge in [-0.15, -0.1) is 0 Å². The molecule has 0 aliphatic heterocycles. The van der Waals surface area contributed by atoms with Crippen LogP contribution < -0.4 is 5.73 Å². The molecular weight excluding hydrogens is 325 g/mol. The van der Waals surface area contributed by atoms with E-state index in [1.165, 1.54) is 10.9 Å². The number of hydrogen-bond donors (Lipinski definition) is 1. The smallest absolute Gasteiger partial charge is 0.389 e. The predicted octanol–water partition coefficient (Wildman–Crippen LogP) is 3.23. The highest BCUT2D eigenvalue weighted by Gasteiger charge is 2.26. The average molecular weight is 344 g/mol. The van der Waals surface area contributed by atoms with Crippen LogP contribution in [0, 0.1) is 6.92 Å². The molecule has 2 heterocycles. The molecule has 2 rings (SSSR count). The molecule has 0 atom stereocenters. The molecule has 0 saturated heterocycles. The fourth-order valence-electron chi connectivity index (χ4n) is 2.44. The van der Waals surface area contributed by atoms with E-state index in [0.29, 0.717) is 29.7 Å². The lowest BCUT2D eigenvalue weighted by Crippen LogP contribution is -2.12. The van der Waals surface area contributed by atoms with E-state index >= 15 is 0 Å². The summed E-state index contributed by atoms with van der Waals surface area (Å²) < 4.78 is 43.0. The summed E-state index contributed by atoms with van der Waals surface area (Å²) in [5.41, 5.74) is 7.30. The first-order chi connectivity index (χ1) is 11.2. The van der Waals surface area contributed by atoms with Crippen molar-refractivity contribution in [2.24, 2.45) is 0 Å². The molecule has 0 aliphatic rings. The number of aryl methyl sites for hydroxylation is 2. The third-order valence-electron chi connectivity index (χ3n) is 3.57. The van der Waals surface area contributed by atoms with E-state index in [1.54, 1.807) is 13.8 Å². The summed E-state index contributed by atoms with van der Waals surface area (Å²) >= 11 is 0. The predicted molar refractivity (Wildman–Crippen MR) is 82.5 cm³/mol. The van der Waals surface area contributed by atoms with Crippen molar-refractivity contribution in [3.05, 3.63) is 17.5 Å². The molecule has 9 heteroatoms. The van der Waals surface area contributed by atoms with Crippen LogP contribution in [0.4, 0.5) is 18.9 Å². The quantitative estimate of drug-likeness (QED) is 0.642. The number of fused-ring (bicyclic) bond motifs is 1. The SMILES string of the molecule is CCOC(=O)c1c(C)nc2c(cnn2CCCCC(F)(F)F)c1N. The van der Waals surface area contributed by atoms with Gasteiger partial charge < -0.3 is 10.5 Å². The first-order valence-electron chi connectivity index (χ1n) is 7.60. The van der Waals surface area contributed by atoms with Crippen LogP contribution in [0.5, 0.6) is 0 Å². The number of hydrogen-bond acceptors (Lipinski definition) is 5. The van der Waals surface area contributed by atoms with Crippen LogP contribution >= 0.6 is 0 Å². The van der Waals surface area contributed by atoms with Gasteiger partial charge in [-0.3, -0.25) is 0 Å². The molecule has 0 aromatic carbocycles. The van der Waals surface area contributed by atoms with Crippen molar-refractivity contribution >= 4 is 22.7 Å². The van der Waals surface area contributed by atoms with Gasteiger partial charge in [-0.1, -0.05) is 0 Å². The Balaban J connectivity index is 2.22. The second-order valence-corrected chi connectivity index (χ2v) is 5.38. The maximum Gasteiger partial charge on any atom is 0.389 e. The van der Waals surface area contributed by atoms with Crippen LogP contribution in [0.3, 0.4) is 0 Å². The number of ether oxygens (including phenoxy) is 1. The first-order valence-corrected chi connectivity index (χ1v) is 7.60. The molecule has 0 bridgehead atoms. The van der Waals surface area contributed by atoms with Gasteiger partial charge in [0.25, 0.3) is 0 Å². The number of nitrogens with two attached hydrogens (primary N) is 1. The van der Waals surface area contributed by atoms with Crippen molar-refractivity contribution in [2.45, 2.75) is 45.8 Å². The Morgan fingerprint density at radius 3 is 2.71 bits per heavy atom. The van der Waals surface area contributed by atoms with Gasteiger partial charge >= 0.3 is 12.1 Å². The second-order valence-electron chi connectivity index (χ2n) is 5.38. The van der Waals surface area contributed by atoms with E-state index in [2.05, 4.69) is 10.1 Å². The molecule has 2 aromatic rings. The molecule has 6 nitrogen and oxygen atoms in total. The summed E-state index contributed by atoms with van der Waals surface area (Å²) in [6.45, 7) is 3.83. The molecule has 0 aliphatic carbocycles. The molecule has 0 unspecified atom stereocenters. The Labute approximate surface area is 136 Å². The number of nitrogen functional groups attached to an aromatic ring is 1. The fraction of sp³-hybridized carbons (Fsp3) is 0.533. The largest absolute Gasteiger partial charge is 0.462 e. The highest BCUT2D eigenvalue weighted by atomic mass is 19.4. The number of anilines is 1. The van der Waals surface area contributed by atoms with Gasteiger partial charge in [-0.25, -0.2) is 14.5 Å². The molecule has 0 spiro atoms. The number of pyridine rings is 1. The van der Waals surface area contributed by atoms with Crippen LogP contribution in [0.2, 0.25) is 0 Å². The number of alkyl halides is 3. The molecule has 2 aromatic heterocycles. The molecule has 0 fully saturated rings. The number of unbranched alkanes of at least 4 members (excludes halogenated alkanes) is 1. The van der Waals surface area contributed by atoms with Gasteiger partial charge in [-0.05, 0) is 26.7 Å². The molecule has 24 heavy (non-hydrogen) atoms. The highest BCUT2D eigenvalue weighted by Crippen LogP contribution is 2.27. The summed E-state index contributed by atoms with van der Waals surface area (Å²) in [6.07, 6.45) is -3.19. The van der Waals surface area contributed by atoms with Crippen LogP contribution in [0.25, 0.3) is 11.0 Å². The normalized spacial score (nSPS) is 11.9. The summed E-state index contributed by atoms with van der Waals surface area (Å²) in [6, 6.07) is 0. The van der Waals surface area contributed by atoms with Crippen LogP contribution in [-0.2, 0) is 11.3 Å². The standard InChI is InChI=1S/C15H19F3N4O2/c1-3-24-14(23)11-9(2)21-13-10(12(11)19)8-20-22(13)7-5-4-6-15(16,17)18/h8H,3-7H2,1-2H3,(H2,19,21). The van der Waals surface area contributed by atoms with Gasteiger partial charge in [0, 0.05) is 13.0 Å². The van der Waals surface area contributed by atoms with Gasteiger partial charge in [0.1, 0.15) is 5.56 Å². The minimum Gasteiger partial charge on any atom is -0.462 e. The lowest BCUT2D eigenvalue weighted by atomic mass is 10.1. The van der Waals surface area contributed by atoms with E-state index in [1.807, 2.05) is 0 Å². The van der Waals surface area contributed by atoms with Crippen molar-refractivity contribution < 1.29 is 22.7 Å². The van der Waals surface area contributed by atoms with E-state index < -0.39 is 18.6 Å². The van der Waals surface area contributed by atoms with E-state index in [4.69, 9.17) is 10.5 Å². The molecular formula is C15H19F3N4O2. The third kappa shape index (κ3) is 3.95. The minimum atomic E-state index is -4.15. The van der Waals surface area contributed by atoms with Crippen molar-refractivity contribution in [2.75, 3.05) is 12.3 Å². The van der Waals surface area contributed by atoms with Gasteiger partial charge in [0.2, 0.25) is 0 Å². The fourth-order valence-corrected chi connectivity index (χ4v) is 2.44. The van der Waals surface area contributed by atoms with Crippen LogP contribution in [0.1, 0.15) is 42.2 Å². The highest BCUT2D eigenvalue weighted by molar-refractivity contribution is 6.04. The Morgan fingerprint density at radius 1 is 1.38 bits per heavy atom. The number of rotatable bonds is 6. The summed E-state index contributed by atoms with van der Waals surface area (Å²) in [7, 11) is 0. The van der Waals surface area contributed by atoms with Gasteiger partial charge in [-0.2, -0.15) is 18.3 Å².